The van der Waals surface area contributed by atoms with Crippen LogP contribution in [0.25, 0.3) is 0 Å². The summed E-state index contributed by atoms with van der Waals surface area (Å²) in [6, 6.07) is 8.98. The van der Waals surface area contributed by atoms with E-state index in [0.29, 0.717) is 18.5 Å². The van der Waals surface area contributed by atoms with E-state index >= 15 is 0 Å². The first-order valence-electron chi connectivity index (χ1n) is 5.93. The van der Waals surface area contributed by atoms with Crippen LogP contribution in [0, 0.1) is 0 Å². The summed E-state index contributed by atoms with van der Waals surface area (Å²) in [4.78, 5) is 11.1. The summed E-state index contributed by atoms with van der Waals surface area (Å²) in [5.41, 5.74) is 1.26. The van der Waals surface area contributed by atoms with Gasteiger partial charge in [-0.05, 0) is 31.0 Å². The molecule has 1 aromatic carbocycles. The quantitative estimate of drug-likeness (QED) is 0.899. The highest BCUT2D eigenvalue weighted by Crippen LogP contribution is 2.19. The smallest absolute Gasteiger partial charge is 0.220 e. The standard InChI is InChI=1S/C13H17BrN2O/c1-9(10-3-2-4-11(14)7-10)16-12-5-6-13(17)15-8-12/h2-4,7,9,12,16H,5-6,8H2,1H3,(H,15,17). The van der Waals surface area contributed by atoms with Crippen molar-refractivity contribution in [2.24, 2.45) is 0 Å². The van der Waals surface area contributed by atoms with Crippen molar-refractivity contribution in [1.82, 2.24) is 10.6 Å². The van der Waals surface area contributed by atoms with Gasteiger partial charge in [-0.2, -0.15) is 0 Å². The molecule has 1 aromatic rings. The zero-order valence-corrected chi connectivity index (χ0v) is 11.5. The van der Waals surface area contributed by atoms with Crippen LogP contribution in [-0.2, 0) is 4.79 Å². The van der Waals surface area contributed by atoms with Gasteiger partial charge in [-0.3, -0.25) is 4.79 Å². The fourth-order valence-electron chi connectivity index (χ4n) is 2.10. The van der Waals surface area contributed by atoms with Crippen molar-refractivity contribution >= 4 is 21.8 Å². The van der Waals surface area contributed by atoms with Gasteiger partial charge in [0, 0.05) is 29.5 Å². The molecule has 4 heteroatoms. The Morgan fingerprint density at radius 2 is 2.35 bits per heavy atom. The normalized spacial score (nSPS) is 22.0. The minimum Gasteiger partial charge on any atom is -0.355 e. The molecule has 1 fully saturated rings. The fourth-order valence-corrected chi connectivity index (χ4v) is 2.52. The number of hydrogen-bond acceptors (Lipinski definition) is 2. The molecule has 2 unspecified atom stereocenters. The van der Waals surface area contributed by atoms with E-state index in [4.69, 9.17) is 0 Å². The first-order chi connectivity index (χ1) is 8.15. The molecule has 2 rings (SSSR count). The van der Waals surface area contributed by atoms with Gasteiger partial charge in [-0.25, -0.2) is 0 Å². The highest BCUT2D eigenvalue weighted by molar-refractivity contribution is 9.10. The molecule has 0 radical (unpaired) electrons. The van der Waals surface area contributed by atoms with Crippen LogP contribution in [0.3, 0.4) is 0 Å². The largest absolute Gasteiger partial charge is 0.355 e. The van der Waals surface area contributed by atoms with Crippen LogP contribution in [-0.4, -0.2) is 18.5 Å². The number of carbonyl (C=O) groups is 1. The predicted octanol–water partition coefficient (Wildman–Crippen LogP) is 2.38. The molecule has 0 aliphatic carbocycles. The van der Waals surface area contributed by atoms with E-state index in [1.165, 1.54) is 5.56 Å². The second-order valence-electron chi connectivity index (χ2n) is 4.48. The molecule has 1 aliphatic rings. The third-order valence-corrected chi connectivity index (χ3v) is 3.59. The Bertz CT molecular complexity index is 398. The third-order valence-electron chi connectivity index (χ3n) is 3.10. The summed E-state index contributed by atoms with van der Waals surface area (Å²) in [5.74, 6) is 0.165. The maximum atomic E-state index is 11.1. The van der Waals surface area contributed by atoms with Gasteiger partial charge in [0.1, 0.15) is 0 Å². The lowest BCUT2D eigenvalue weighted by molar-refractivity contribution is -0.122. The maximum absolute atomic E-state index is 11.1. The van der Waals surface area contributed by atoms with Crippen LogP contribution in [0.15, 0.2) is 28.7 Å². The predicted molar refractivity (Wildman–Crippen MR) is 71.7 cm³/mol. The average molecular weight is 297 g/mol. The highest BCUT2D eigenvalue weighted by atomic mass is 79.9. The number of benzene rings is 1. The van der Waals surface area contributed by atoms with Crippen LogP contribution >= 0.6 is 15.9 Å². The average Bonchev–Trinajstić information content (AvgIpc) is 2.32. The minimum atomic E-state index is 0.165. The monoisotopic (exact) mass is 296 g/mol. The van der Waals surface area contributed by atoms with Crippen LogP contribution in [0.5, 0.6) is 0 Å². The van der Waals surface area contributed by atoms with Gasteiger partial charge < -0.3 is 10.6 Å². The summed E-state index contributed by atoms with van der Waals surface area (Å²) in [6.45, 7) is 2.88. The number of rotatable bonds is 3. The van der Waals surface area contributed by atoms with Crippen molar-refractivity contribution in [3.8, 4) is 0 Å². The second-order valence-corrected chi connectivity index (χ2v) is 5.40. The molecule has 3 nitrogen and oxygen atoms in total. The molecular formula is C13H17BrN2O. The molecule has 1 heterocycles. The van der Waals surface area contributed by atoms with Gasteiger partial charge in [0.05, 0.1) is 0 Å². The molecule has 17 heavy (non-hydrogen) atoms. The Hall–Kier alpha value is -0.870. The van der Waals surface area contributed by atoms with Gasteiger partial charge in [0.25, 0.3) is 0 Å². The van der Waals surface area contributed by atoms with E-state index in [2.05, 4.69) is 45.6 Å². The summed E-state index contributed by atoms with van der Waals surface area (Å²) < 4.78 is 1.10. The molecule has 0 bridgehead atoms. The van der Waals surface area contributed by atoms with Gasteiger partial charge in [-0.1, -0.05) is 28.1 Å². The zero-order valence-electron chi connectivity index (χ0n) is 9.87. The van der Waals surface area contributed by atoms with Gasteiger partial charge in [-0.15, -0.1) is 0 Å². The van der Waals surface area contributed by atoms with Gasteiger partial charge >= 0.3 is 0 Å². The van der Waals surface area contributed by atoms with E-state index in [1.54, 1.807) is 0 Å². The van der Waals surface area contributed by atoms with Crippen molar-refractivity contribution in [2.45, 2.75) is 31.8 Å². The molecule has 2 atom stereocenters. The fraction of sp³-hybridized carbons (Fsp3) is 0.462. The van der Waals surface area contributed by atoms with Crippen LogP contribution in [0.4, 0.5) is 0 Å². The number of halogens is 1. The van der Waals surface area contributed by atoms with E-state index in [0.717, 1.165) is 17.4 Å². The van der Waals surface area contributed by atoms with E-state index in [1.807, 2.05) is 12.1 Å². The minimum absolute atomic E-state index is 0.165. The van der Waals surface area contributed by atoms with Crippen LogP contribution < -0.4 is 10.6 Å². The molecule has 92 valence electrons. The van der Waals surface area contributed by atoms with Gasteiger partial charge in [0.2, 0.25) is 5.91 Å². The summed E-state index contributed by atoms with van der Waals surface area (Å²) in [5, 5.41) is 6.44. The lowest BCUT2D eigenvalue weighted by Gasteiger charge is -2.27. The van der Waals surface area contributed by atoms with E-state index in [-0.39, 0.29) is 5.91 Å². The molecule has 1 amide bonds. The second kappa shape index (κ2) is 5.65. The Kier molecular flexibility index (Phi) is 4.18. The SMILES string of the molecule is CC(NC1CCC(=O)NC1)c1cccc(Br)c1. The first kappa shape index (κ1) is 12.6. The Balaban J connectivity index is 1.92. The van der Waals surface area contributed by atoms with Crippen molar-refractivity contribution in [2.75, 3.05) is 6.54 Å². The summed E-state index contributed by atoms with van der Waals surface area (Å²) in [6.07, 6.45) is 1.55. The maximum Gasteiger partial charge on any atom is 0.220 e. The molecule has 1 saturated heterocycles. The molecule has 1 aliphatic heterocycles. The summed E-state index contributed by atoms with van der Waals surface area (Å²) in [7, 11) is 0. The topological polar surface area (TPSA) is 41.1 Å². The van der Waals surface area contributed by atoms with E-state index < -0.39 is 0 Å². The Labute approximate surface area is 110 Å². The Morgan fingerprint density at radius 3 is 3.00 bits per heavy atom. The van der Waals surface area contributed by atoms with Crippen molar-refractivity contribution in [3.63, 3.8) is 0 Å². The number of carbonyl (C=O) groups excluding carboxylic acids is 1. The molecule has 0 saturated carbocycles. The Morgan fingerprint density at radius 1 is 1.53 bits per heavy atom. The zero-order chi connectivity index (χ0) is 12.3. The van der Waals surface area contributed by atoms with Crippen molar-refractivity contribution < 1.29 is 4.79 Å². The first-order valence-corrected chi connectivity index (χ1v) is 6.72. The highest BCUT2D eigenvalue weighted by Gasteiger charge is 2.19. The number of hydrogen-bond donors (Lipinski definition) is 2. The summed E-state index contributed by atoms with van der Waals surface area (Å²) >= 11 is 3.48. The third kappa shape index (κ3) is 3.54. The molecular weight excluding hydrogens is 280 g/mol. The van der Waals surface area contributed by atoms with Crippen LogP contribution in [0.2, 0.25) is 0 Å². The number of piperidine rings is 1. The molecule has 0 spiro atoms. The van der Waals surface area contributed by atoms with Crippen molar-refractivity contribution in [1.29, 1.82) is 0 Å². The number of nitrogens with one attached hydrogen (secondary N) is 2. The number of amides is 1. The van der Waals surface area contributed by atoms with Gasteiger partial charge in [0.15, 0.2) is 0 Å². The lowest BCUT2D eigenvalue weighted by atomic mass is 10.0. The van der Waals surface area contributed by atoms with E-state index in [9.17, 15) is 4.79 Å². The van der Waals surface area contributed by atoms with Crippen molar-refractivity contribution in [3.05, 3.63) is 34.3 Å². The lowest BCUT2D eigenvalue weighted by Crippen LogP contribution is -2.46. The molecule has 2 N–H and O–H groups in total. The molecule has 0 aromatic heterocycles. The van der Waals surface area contributed by atoms with Crippen LogP contribution in [0.1, 0.15) is 31.4 Å².